The Labute approximate surface area is 109 Å². The number of likely N-dealkylation sites (N-methyl/N-ethyl adjacent to an activating group) is 1. The maximum absolute atomic E-state index is 11.3. The van der Waals surface area contributed by atoms with Crippen LogP contribution in [0.25, 0.3) is 11.1 Å². The van der Waals surface area contributed by atoms with Crippen LogP contribution in [0.2, 0.25) is 0 Å². The molecule has 0 aliphatic heterocycles. The molecular formula is C12H15N3O4. The number of carbonyl (C=O) groups is 1. The Morgan fingerprint density at radius 3 is 2.95 bits per heavy atom. The number of nitrogens with two attached hydrogens (primary N) is 1. The van der Waals surface area contributed by atoms with Crippen LogP contribution in [-0.2, 0) is 23.2 Å². The van der Waals surface area contributed by atoms with Gasteiger partial charge in [0.1, 0.15) is 6.61 Å². The van der Waals surface area contributed by atoms with Crippen LogP contribution < -0.4 is 11.6 Å². The summed E-state index contributed by atoms with van der Waals surface area (Å²) in [6.45, 7) is 0.171. The zero-order chi connectivity index (χ0) is 14.0. The first-order chi connectivity index (χ1) is 8.99. The van der Waals surface area contributed by atoms with Gasteiger partial charge in [0, 0.05) is 14.1 Å². The van der Waals surface area contributed by atoms with Crippen molar-refractivity contribution in [2.45, 2.75) is 6.61 Å². The lowest BCUT2D eigenvalue weighted by Gasteiger charge is -2.10. The maximum Gasteiger partial charge on any atom is 0.419 e. The third-order valence-electron chi connectivity index (χ3n) is 2.74. The molecule has 0 aliphatic rings. The van der Waals surface area contributed by atoms with Crippen molar-refractivity contribution in [1.29, 1.82) is 0 Å². The fraction of sp³-hybridized carbons (Fsp3) is 0.333. The summed E-state index contributed by atoms with van der Waals surface area (Å²) in [5.74, 6) is 4.55. The van der Waals surface area contributed by atoms with E-state index in [1.165, 1.54) is 11.6 Å². The number of ether oxygens (including phenoxy) is 1. The minimum Gasteiger partial charge on any atom is -0.408 e. The summed E-state index contributed by atoms with van der Waals surface area (Å²) in [6, 6.07) is 5.27. The maximum atomic E-state index is 11.3. The fourth-order valence-electron chi connectivity index (χ4n) is 1.62. The molecule has 0 saturated carbocycles. The molecule has 2 rings (SSSR count). The van der Waals surface area contributed by atoms with Crippen LogP contribution in [0.4, 0.5) is 0 Å². The number of aromatic nitrogens is 1. The molecule has 1 amide bonds. The van der Waals surface area contributed by atoms with Crippen LogP contribution in [0, 0.1) is 0 Å². The molecule has 1 aromatic heterocycles. The summed E-state index contributed by atoms with van der Waals surface area (Å²) in [5, 5.41) is 0.975. The van der Waals surface area contributed by atoms with E-state index in [2.05, 4.69) is 0 Å². The number of nitrogens with zero attached hydrogens (tertiary/aromatic N) is 2. The summed E-state index contributed by atoms with van der Waals surface area (Å²) >= 11 is 0. The van der Waals surface area contributed by atoms with Crippen LogP contribution in [0.3, 0.4) is 0 Å². The Hall–Kier alpha value is -2.12. The Morgan fingerprint density at radius 2 is 2.26 bits per heavy atom. The first-order valence-electron chi connectivity index (χ1n) is 5.66. The zero-order valence-electron chi connectivity index (χ0n) is 10.8. The van der Waals surface area contributed by atoms with Gasteiger partial charge in [-0.3, -0.25) is 14.4 Å². The smallest absolute Gasteiger partial charge is 0.408 e. The largest absolute Gasteiger partial charge is 0.419 e. The normalized spacial score (nSPS) is 10.9. The van der Waals surface area contributed by atoms with Gasteiger partial charge in [0.2, 0.25) is 0 Å². The number of oxazole rings is 1. The summed E-state index contributed by atoms with van der Waals surface area (Å²) in [7, 11) is 3.09. The van der Waals surface area contributed by atoms with E-state index < -0.39 is 5.76 Å². The van der Waals surface area contributed by atoms with Gasteiger partial charge in [-0.2, -0.15) is 0 Å². The Morgan fingerprint density at radius 1 is 1.53 bits per heavy atom. The van der Waals surface area contributed by atoms with E-state index in [-0.39, 0.29) is 19.1 Å². The van der Waals surface area contributed by atoms with Crippen molar-refractivity contribution in [3.8, 4) is 0 Å². The lowest BCUT2D eigenvalue weighted by Crippen LogP contribution is -2.35. The molecule has 1 aromatic carbocycles. The molecule has 0 atom stereocenters. The van der Waals surface area contributed by atoms with Gasteiger partial charge in [-0.15, -0.1) is 0 Å². The molecule has 0 unspecified atom stereocenters. The van der Waals surface area contributed by atoms with E-state index in [9.17, 15) is 9.59 Å². The van der Waals surface area contributed by atoms with E-state index in [4.69, 9.17) is 15.0 Å². The highest BCUT2D eigenvalue weighted by atomic mass is 16.5. The number of hydrazine groups is 1. The molecule has 7 heteroatoms. The average molecular weight is 265 g/mol. The van der Waals surface area contributed by atoms with Crippen LogP contribution in [-0.4, -0.2) is 29.1 Å². The molecule has 0 aliphatic carbocycles. The van der Waals surface area contributed by atoms with Gasteiger partial charge in [-0.25, -0.2) is 10.6 Å². The Balaban J connectivity index is 2.07. The molecule has 0 saturated heterocycles. The third kappa shape index (κ3) is 2.83. The molecule has 1 heterocycles. The standard InChI is InChI=1S/C12H15N3O4/c1-14-9-5-8(3-4-10(9)19-12(14)17)6-18-7-11(16)15(2)13/h3-5H,6-7,13H2,1-2H3. The Bertz CT molecular complexity index is 657. The summed E-state index contributed by atoms with van der Waals surface area (Å²) in [4.78, 5) is 22.5. The lowest BCUT2D eigenvalue weighted by atomic mass is 10.2. The summed E-state index contributed by atoms with van der Waals surface area (Å²) < 4.78 is 11.7. The van der Waals surface area contributed by atoms with E-state index in [1.807, 2.05) is 0 Å². The topological polar surface area (TPSA) is 90.7 Å². The van der Waals surface area contributed by atoms with Crippen molar-refractivity contribution in [3.05, 3.63) is 34.3 Å². The summed E-state index contributed by atoms with van der Waals surface area (Å²) in [5.41, 5.74) is 2.05. The lowest BCUT2D eigenvalue weighted by molar-refractivity contribution is -0.135. The predicted molar refractivity (Wildman–Crippen MR) is 68.1 cm³/mol. The van der Waals surface area contributed by atoms with E-state index in [0.717, 1.165) is 10.6 Å². The molecule has 0 radical (unpaired) electrons. The quantitative estimate of drug-likeness (QED) is 0.476. The highest BCUT2D eigenvalue weighted by molar-refractivity contribution is 5.76. The molecule has 2 N–H and O–H groups in total. The van der Waals surface area contributed by atoms with Crippen LogP contribution in [0.1, 0.15) is 5.56 Å². The number of hydrogen-bond acceptors (Lipinski definition) is 5. The second-order valence-electron chi connectivity index (χ2n) is 4.23. The van der Waals surface area contributed by atoms with E-state index in [0.29, 0.717) is 11.1 Å². The second kappa shape index (κ2) is 5.25. The highest BCUT2D eigenvalue weighted by Crippen LogP contribution is 2.14. The van der Waals surface area contributed by atoms with Crippen LogP contribution >= 0.6 is 0 Å². The molecule has 2 aromatic rings. The van der Waals surface area contributed by atoms with Gasteiger partial charge >= 0.3 is 5.76 Å². The molecule has 0 fully saturated rings. The SMILES string of the molecule is CN(N)C(=O)COCc1ccc2oc(=O)n(C)c2c1. The third-order valence-corrected chi connectivity index (χ3v) is 2.74. The second-order valence-corrected chi connectivity index (χ2v) is 4.23. The molecule has 7 nitrogen and oxygen atoms in total. The van der Waals surface area contributed by atoms with Crippen molar-refractivity contribution in [2.24, 2.45) is 12.9 Å². The van der Waals surface area contributed by atoms with E-state index >= 15 is 0 Å². The summed E-state index contributed by atoms with van der Waals surface area (Å²) in [6.07, 6.45) is 0. The highest BCUT2D eigenvalue weighted by Gasteiger charge is 2.08. The number of rotatable bonds is 4. The van der Waals surface area contributed by atoms with Crippen LogP contribution in [0.5, 0.6) is 0 Å². The number of hydrogen-bond donors (Lipinski definition) is 1. The minimum absolute atomic E-state index is 0.0879. The average Bonchev–Trinajstić information content (AvgIpc) is 2.65. The number of carbonyl (C=O) groups excluding carboxylic acids is 1. The predicted octanol–water partition coefficient (Wildman–Crippen LogP) is -0.0198. The first kappa shape index (κ1) is 13.3. The fourth-order valence-corrected chi connectivity index (χ4v) is 1.62. The van der Waals surface area contributed by atoms with Crippen molar-refractivity contribution >= 4 is 17.0 Å². The van der Waals surface area contributed by atoms with Gasteiger partial charge in [0.25, 0.3) is 5.91 Å². The molecule has 0 spiro atoms. The molecule has 19 heavy (non-hydrogen) atoms. The van der Waals surface area contributed by atoms with Gasteiger partial charge < -0.3 is 9.15 Å². The molecule has 102 valence electrons. The van der Waals surface area contributed by atoms with Gasteiger partial charge in [-0.05, 0) is 17.7 Å². The van der Waals surface area contributed by atoms with Gasteiger partial charge in [0.15, 0.2) is 5.58 Å². The zero-order valence-corrected chi connectivity index (χ0v) is 10.8. The Kier molecular flexibility index (Phi) is 3.68. The van der Waals surface area contributed by atoms with E-state index in [1.54, 1.807) is 25.2 Å². The number of amides is 1. The monoisotopic (exact) mass is 265 g/mol. The van der Waals surface area contributed by atoms with Gasteiger partial charge in [0.05, 0.1) is 12.1 Å². The van der Waals surface area contributed by atoms with Gasteiger partial charge in [-0.1, -0.05) is 6.07 Å². The number of aryl methyl sites for hydroxylation is 1. The first-order valence-corrected chi connectivity index (χ1v) is 5.66. The minimum atomic E-state index is -0.409. The number of benzene rings is 1. The number of fused-ring (bicyclic) bond motifs is 1. The molecular weight excluding hydrogens is 250 g/mol. The van der Waals surface area contributed by atoms with Crippen LogP contribution in [0.15, 0.2) is 27.4 Å². The molecule has 0 bridgehead atoms. The van der Waals surface area contributed by atoms with Crippen molar-refractivity contribution < 1.29 is 13.9 Å². The van der Waals surface area contributed by atoms with Crippen molar-refractivity contribution in [2.75, 3.05) is 13.7 Å². The van der Waals surface area contributed by atoms with Crippen molar-refractivity contribution in [1.82, 2.24) is 9.58 Å². The van der Waals surface area contributed by atoms with Crippen molar-refractivity contribution in [3.63, 3.8) is 0 Å².